The average Bonchev–Trinajstić information content (AvgIpc) is 2.39. The Bertz CT molecular complexity index is 513. The van der Waals surface area contributed by atoms with Crippen molar-refractivity contribution < 1.29 is 9.18 Å². The maximum atomic E-state index is 12.9. The summed E-state index contributed by atoms with van der Waals surface area (Å²) in [4.78, 5) is 14.3. The number of nitrogens with one attached hydrogen (secondary N) is 1. The summed E-state index contributed by atoms with van der Waals surface area (Å²) < 4.78 is 12.9. The molecule has 0 amide bonds. The van der Waals surface area contributed by atoms with E-state index in [1.54, 1.807) is 6.07 Å². The molecule has 0 saturated heterocycles. The Morgan fingerprint density at radius 1 is 1.43 bits per heavy atom. The van der Waals surface area contributed by atoms with Crippen LogP contribution in [0.1, 0.15) is 23.0 Å². The highest BCUT2D eigenvalue weighted by Crippen LogP contribution is 2.22. The zero-order valence-corrected chi connectivity index (χ0v) is 8.02. The van der Waals surface area contributed by atoms with E-state index in [-0.39, 0.29) is 11.6 Å². The molecule has 0 aliphatic carbocycles. The van der Waals surface area contributed by atoms with Gasteiger partial charge in [-0.05, 0) is 32.0 Å². The lowest BCUT2D eigenvalue weighted by atomic mass is 10.1. The number of aryl methyl sites for hydroxylation is 1. The molecule has 2 nitrogen and oxygen atoms in total. The molecule has 72 valence electrons. The number of Topliss-reactive ketones (excluding diaryl/α,β-unsaturated/α-hetero) is 1. The predicted octanol–water partition coefficient (Wildman–Crippen LogP) is 2.82. The summed E-state index contributed by atoms with van der Waals surface area (Å²) in [6, 6.07) is 4.39. The SMILES string of the molecule is CC(=O)c1c(C)[nH]c2cc(F)ccc12. The van der Waals surface area contributed by atoms with Crippen LogP contribution in [0.5, 0.6) is 0 Å². The molecule has 0 aliphatic heterocycles. The Morgan fingerprint density at radius 3 is 2.79 bits per heavy atom. The summed E-state index contributed by atoms with van der Waals surface area (Å²) in [6.45, 7) is 3.33. The largest absolute Gasteiger partial charge is 0.358 e. The second-order valence-corrected chi connectivity index (χ2v) is 3.37. The topological polar surface area (TPSA) is 32.9 Å². The number of hydrogen-bond donors (Lipinski definition) is 1. The van der Waals surface area contributed by atoms with Crippen LogP contribution in [0.15, 0.2) is 18.2 Å². The van der Waals surface area contributed by atoms with Gasteiger partial charge in [-0.15, -0.1) is 0 Å². The van der Waals surface area contributed by atoms with Crippen molar-refractivity contribution in [2.75, 3.05) is 0 Å². The highest BCUT2D eigenvalue weighted by atomic mass is 19.1. The molecule has 2 rings (SSSR count). The summed E-state index contributed by atoms with van der Waals surface area (Å²) >= 11 is 0. The van der Waals surface area contributed by atoms with E-state index in [2.05, 4.69) is 4.98 Å². The van der Waals surface area contributed by atoms with Gasteiger partial charge in [0.2, 0.25) is 0 Å². The lowest BCUT2D eigenvalue weighted by Crippen LogP contribution is -1.92. The molecule has 0 unspecified atom stereocenters. The van der Waals surface area contributed by atoms with Gasteiger partial charge in [0, 0.05) is 22.2 Å². The first-order valence-electron chi connectivity index (χ1n) is 4.38. The molecule has 1 aromatic heterocycles. The lowest BCUT2D eigenvalue weighted by Gasteiger charge is -1.94. The van der Waals surface area contributed by atoms with Crippen molar-refractivity contribution in [3.63, 3.8) is 0 Å². The number of carbonyl (C=O) groups is 1. The molecule has 0 spiro atoms. The predicted molar refractivity (Wildman–Crippen MR) is 53.0 cm³/mol. The van der Waals surface area contributed by atoms with E-state index in [4.69, 9.17) is 0 Å². The van der Waals surface area contributed by atoms with E-state index in [9.17, 15) is 9.18 Å². The number of carbonyl (C=O) groups excluding carboxylic acids is 1. The van der Waals surface area contributed by atoms with Crippen LogP contribution >= 0.6 is 0 Å². The van der Waals surface area contributed by atoms with E-state index in [0.29, 0.717) is 11.1 Å². The molecule has 3 heteroatoms. The highest BCUT2D eigenvalue weighted by Gasteiger charge is 2.12. The van der Waals surface area contributed by atoms with Gasteiger partial charge in [0.1, 0.15) is 5.82 Å². The van der Waals surface area contributed by atoms with Crippen molar-refractivity contribution in [1.29, 1.82) is 0 Å². The number of hydrogen-bond acceptors (Lipinski definition) is 1. The zero-order valence-electron chi connectivity index (χ0n) is 8.02. The summed E-state index contributed by atoms with van der Waals surface area (Å²) in [5, 5.41) is 0.788. The maximum absolute atomic E-state index is 12.9. The molecule has 1 aromatic carbocycles. The van der Waals surface area contributed by atoms with Crippen LogP contribution in [0, 0.1) is 12.7 Å². The van der Waals surface area contributed by atoms with Crippen LogP contribution in [-0.4, -0.2) is 10.8 Å². The number of halogens is 1. The minimum Gasteiger partial charge on any atom is -0.358 e. The fourth-order valence-electron chi connectivity index (χ4n) is 1.76. The van der Waals surface area contributed by atoms with Gasteiger partial charge in [0.05, 0.1) is 0 Å². The van der Waals surface area contributed by atoms with Gasteiger partial charge in [0.15, 0.2) is 5.78 Å². The van der Waals surface area contributed by atoms with Crippen molar-refractivity contribution in [1.82, 2.24) is 4.98 Å². The fraction of sp³-hybridized carbons (Fsp3) is 0.182. The van der Waals surface area contributed by atoms with Crippen LogP contribution in [-0.2, 0) is 0 Å². The molecule has 1 heterocycles. The number of aromatic nitrogens is 1. The highest BCUT2D eigenvalue weighted by molar-refractivity contribution is 6.08. The third-order valence-electron chi connectivity index (χ3n) is 2.30. The van der Waals surface area contributed by atoms with Gasteiger partial charge in [-0.3, -0.25) is 4.79 Å². The molecule has 2 aromatic rings. The first kappa shape index (κ1) is 8.94. The molecule has 14 heavy (non-hydrogen) atoms. The normalized spacial score (nSPS) is 10.8. The summed E-state index contributed by atoms with van der Waals surface area (Å²) in [5.41, 5.74) is 2.12. The minimum atomic E-state index is -0.297. The standard InChI is InChI=1S/C11H10FNO/c1-6-11(7(2)14)9-4-3-8(12)5-10(9)13-6/h3-5,13H,1-2H3. The molecule has 0 saturated carbocycles. The molecule has 0 fully saturated rings. The third kappa shape index (κ3) is 1.21. The molecule has 0 atom stereocenters. The second-order valence-electron chi connectivity index (χ2n) is 3.37. The van der Waals surface area contributed by atoms with Gasteiger partial charge in [-0.2, -0.15) is 0 Å². The number of aromatic amines is 1. The number of benzene rings is 1. The van der Waals surface area contributed by atoms with Crippen LogP contribution < -0.4 is 0 Å². The summed E-state index contributed by atoms with van der Waals surface area (Å²) in [6.07, 6.45) is 0. The van der Waals surface area contributed by atoms with Crippen LogP contribution in [0.4, 0.5) is 4.39 Å². The van der Waals surface area contributed by atoms with Gasteiger partial charge in [-0.1, -0.05) is 0 Å². The molecule has 0 bridgehead atoms. The second kappa shape index (κ2) is 2.94. The van der Waals surface area contributed by atoms with Gasteiger partial charge in [0.25, 0.3) is 0 Å². The molecular formula is C11H10FNO. The molecule has 0 aliphatic rings. The van der Waals surface area contributed by atoms with Crippen molar-refractivity contribution in [3.05, 3.63) is 35.3 Å². The van der Waals surface area contributed by atoms with Crippen molar-refractivity contribution in [3.8, 4) is 0 Å². The first-order chi connectivity index (χ1) is 6.59. The van der Waals surface area contributed by atoms with Crippen LogP contribution in [0.2, 0.25) is 0 Å². The van der Waals surface area contributed by atoms with Crippen LogP contribution in [0.3, 0.4) is 0 Å². The summed E-state index contributed by atoms with van der Waals surface area (Å²) in [5.74, 6) is -0.297. The van der Waals surface area contributed by atoms with Crippen molar-refractivity contribution >= 4 is 16.7 Å². The lowest BCUT2D eigenvalue weighted by molar-refractivity contribution is 0.101. The average molecular weight is 191 g/mol. The number of rotatable bonds is 1. The maximum Gasteiger partial charge on any atom is 0.162 e. The Kier molecular flexibility index (Phi) is 1.88. The third-order valence-corrected chi connectivity index (χ3v) is 2.30. The van der Waals surface area contributed by atoms with Crippen molar-refractivity contribution in [2.45, 2.75) is 13.8 Å². The first-order valence-corrected chi connectivity index (χ1v) is 4.38. The van der Waals surface area contributed by atoms with E-state index >= 15 is 0 Å². The minimum absolute atomic E-state index is 0.000332. The van der Waals surface area contributed by atoms with Crippen molar-refractivity contribution in [2.24, 2.45) is 0 Å². The Hall–Kier alpha value is -1.64. The molecule has 1 N–H and O–H groups in total. The van der Waals surface area contributed by atoms with Gasteiger partial charge >= 0.3 is 0 Å². The van der Waals surface area contributed by atoms with E-state index < -0.39 is 0 Å². The molecular weight excluding hydrogens is 181 g/mol. The number of H-pyrrole nitrogens is 1. The van der Waals surface area contributed by atoms with Gasteiger partial charge < -0.3 is 4.98 Å². The monoisotopic (exact) mass is 191 g/mol. The molecule has 0 radical (unpaired) electrons. The van der Waals surface area contributed by atoms with E-state index in [1.165, 1.54) is 19.1 Å². The zero-order chi connectivity index (χ0) is 10.3. The smallest absolute Gasteiger partial charge is 0.162 e. The number of fused-ring (bicyclic) bond motifs is 1. The number of ketones is 1. The van der Waals surface area contributed by atoms with E-state index in [1.807, 2.05) is 6.92 Å². The Morgan fingerprint density at radius 2 is 2.14 bits per heavy atom. The van der Waals surface area contributed by atoms with Gasteiger partial charge in [-0.25, -0.2) is 4.39 Å². The Balaban J connectivity index is 2.84. The quantitative estimate of drug-likeness (QED) is 0.691. The van der Waals surface area contributed by atoms with E-state index in [0.717, 1.165) is 11.1 Å². The fourth-order valence-corrected chi connectivity index (χ4v) is 1.76. The van der Waals surface area contributed by atoms with Crippen LogP contribution in [0.25, 0.3) is 10.9 Å². The summed E-state index contributed by atoms with van der Waals surface area (Å²) in [7, 11) is 0. The Labute approximate surface area is 80.7 Å².